The summed E-state index contributed by atoms with van der Waals surface area (Å²) in [6.45, 7) is 1.38. The third kappa shape index (κ3) is 1.97. The number of hydrogen-bond donors (Lipinski definition) is 2. The molecule has 0 aromatic carbocycles. The average molecular weight is 297 g/mol. The molecule has 1 fully saturated rings. The minimum atomic E-state index is -0.704. The van der Waals surface area contributed by atoms with E-state index in [0.717, 1.165) is 27.8 Å². The molecule has 2 N–H and O–H groups in total. The number of carboxylic acids is 1. The first-order chi connectivity index (χ1) is 10.7. The highest BCUT2D eigenvalue weighted by Gasteiger charge is 2.26. The van der Waals surface area contributed by atoms with E-state index in [9.17, 15) is 4.79 Å². The van der Waals surface area contributed by atoms with E-state index < -0.39 is 5.97 Å². The minimum Gasteiger partial charge on any atom is -0.481 e. The van der Waals surface area contributed by atoms with Gasteiger partial charge in [0.2, 0.25) is 0 Å². The van der Waals surface area contributed by atoms with Crippen molar-refractivity contribution in [2.24, 2.45) is 5.92 Å². The maximum Gasteiger partial charge on any atom is 0.306 e. The zero-order valence-corrected chi connectivity index (χ0v) is 11.9. The van der Waals surface area contributed by atoms with Crippen LogP contribution in [0.2, 0.25) is 0 Å². The fourth-order valence-corrected chi connectivity index (χ4v) is 3.12. The largest absolute Gasteiger partial charge is 0.481 e. The lowest BCUT2D eigenvalue weighted by atomic mass is 9.97. The molecule has 0 spiro atoms. The molecule has 1 aliphatic rings. The number of aliphatic carboxylic acids is 1. The van der Waals surface area contributed by atoms with E-state index in [1.165, 1.54) is 0 Å². The summed E-state index contributed by atoms with van der Waals surface area (Å²) < 4.78 is 0. The van der Waals surface area contributed by atoms with Crippen molar-refractivity contribution in [3.05, 3.63) is 24.8 Å². The summed E-state index contributed by atoms with van der Waals surface area (Å²) in [6.07, 6.45) is 6.42. The van der Waals surface area contributed by atoms with Gasteiger partial charge in [-0.3, -0.25) is 4.79 Å². The van der Waals surface area contributed by atoms with Crippen LogP contribution in [0.3, 0.4) is 0 Å². The fraction of sp³-hybridized carbons (Fsp3) is 0.333. The van der Waals surface area contributed by atoms with E-state index in [-0.39, 0.29) is 5.92 Å². The molecular formula is C15H15N5O2. The molecule has 0 amide bonds. The van der Waals surface area contributed by atoms with Crippen molar-refractivity contribution in [2.75, 3.05) is 18.0 Å². The van der Waals surface area contributed by atoms with Gasteiger partial charge in [0.25, 0.3) is 0 Å². The van der Waals surface area contributed by atoms with Crippen LogP contribution in [-0.2, 0) is 4.79 Å². The molecule has 0 unspecified atom stereocenters. The van der Waals surface area contributed by atoms with Crippen molar-refractivity contribution in [1.29, 1.82) is 0 Å². The normalized spacial score (nSPS) is 16.5. The summed E-state index contributed by atoms with van der Waals surface area (Å²) in [6, 6.07) is 1.97. The number of carboxylic acid groups (broad SMARTS) is 1. The summed E-state index contributed by atoms with van der Waals surface area (Å²) in [5, 5.41) is 11.1. The summed E-state index contributed by atoms with van der Waals surface area (Å²) in [4.78, 5) is 29.4. The Kier molecular flexibility index (Phi) is 2.92. The van der Waals surface area contributed by atoms with Gasteiger partial charge in [-0.05, 0) is 18.9 Å². The summed E-state index contributed by atoms with van der Waals surface area (Å²) >= 11 is 0. The first kappa shape index (κ1) is 13.0. The van der Waals surface area contributed by atoms with Crippen LogP contribution in [0.15, 0.2) is 24.8 Å². The molecule has 0 saturated carbocycles. The lowest BCUT2D eigenvalue weighted by Crippen LogP contribution is -2.36. The van der Waals surface area contributed by atoms with Crippen LogP contribution < -0.4 is 4.90 Å². The van der Waals surface area contributed by atoms with Crippen LogP contribution >= 0.6 is 0 Å². The molecule has 1 saturated heterocycles. The quantitative estimate of drug-likeness (QED) is 0.749. The molecule has 0 atom stereocenters. The molecule has 4 rings (SSSR count). The van der Waals surface area contributed by atoms with E-state index >= 15 is 0 Å². The summed E-state index contributed by atoms with van der Waals surface area (Å²) in [5.74, 6) is -0.0939. The van der Waals surface area contributed by atoms with Crippen molar-refractivity contribution < 1.29 is 9.90 Å². The third-order valence-corrected chi connectivity index (χ3v) is 4.31. The Balaban J connectivity index is 1.79. The number of pyridine rings is 1. The van der Waals surface area contributed by atoms with Crippen molar-refractivity contribution in [1.82, 2.24) is 19.9 Å². The zero-order valence-electron chi connectivity index (χ0n) is 11.9. The second-order valence-corrected chi connectivity index (χ2v) is 5.56. The first-order valence-electron chi connectivity index (χ1n) is 7.28. The Hall–Kier alpha value is -2.70. The minimum absolute atomic E-state index is 0.252. The van der Waals surface area contributed by atoms with Crippen LogP contribution in [0.25, 0.3) is 21.9 Å². The zero-order chi connectivity index (χ0) is 15.1. The van der Waals surface area contributed by atoms with Crippen molar-refractivity contribution in [3.63, 3.8) is 0 Å². The Morgan fingerprint density at radius 3 is 2.86 bits per heavy atom. The Morgan fingerprint density at radius 1 is 1.27 bits per heavy atom. The van der Waals surface area contributed by atoms with E-state index in [1.807, 2.05) is 12.3 Å². The molecular weight excluding hydrogens is 282 g/mol. The first-order valence-corrected chi connectivity index (χ1v) is 7.28. The molecule has 4 heterocycles. The van der Waals surface area contributed by atoms with Crippen LogP contribution in [0, 0.1) is 5.92 Å². The van der Waals surface area contributed by atoms with Crippen LogP contribution in [-0.4, -0.2) is 44.1 Å². The van der Waals surface area contributed by atoms with Gasteiger partial charge < -0.3 is 15.0 Å². The van der Waals surface area contributed by atoms with Gasteiger partial charge >= 0.3 is 5.97 Å². The van der Waals surface area contributed by atoms with Crippen LogP contribution in [0.4, 0.5) is 5.82 Å². The average Bonchev–Trinajstić information content (AvgIpc) is 3.03. The SMILES string of the molecule is O=C(O)C1CCN(c2ncnc3cnc4[nH]ccc4c23)CC1. The lowest BCUT2D eigenvalue weighted by Gasteiger charge is -2.31. The Labute approximate surface area is 126 Å². The van der Waals surface area contributed by atoms with Gasteiger partial charge in [0.05, 0.1) is 23.0 Å². The molecule has 1 aliphatic heterocycles. The molecule has 0 radical (unpaired) electrons. The number of nitrogens with zero attached hydrogens (tertiary/aromatic N) is 4. The van der Waals surface area contributed by atoms with Crippen LogP contribution in [0.5, 0.6) is 0 Å². The second-order valence-electron chi connectivity index (χ2n) is 5.56. The number of rotatable bonds is 2. The number of aromatic nitrogens is 4. The maximum atomic E-state index is 11.1. The molecule has 3 aromatic rings. The van der Waals surface area contributed by atoms with Crippen molar-refractivity contribution >= 4 is 33.7 Å². The Bertz CT molecular complexity index is 851. The molecule has 7 heteroatoms. The number of fused-ring (bicyclic) bond motifs is 3. The number of H-pyrrole nitrogens is 1. The maximum absolute atomic E-state index is 11.1. The number of nitrogens with one attached hydrogen (secondary N) is 1. The molecule has 112 valence electrons. The van der Waals surface area contributed by atoms with Crippen molar-refractivity contribution in [3.8, 4) is 0 Å². The van der Waals surface area contributed by atoms with Gasteiger partial charge in [-0.25, -0.2) is 15.0 Å². The fourth-order valence-electron chi connectivity index (χ4n) is 3.12. The predicted octanol–water partition coefficient (Wildman–Crippen LogP) is 1.81. The molecule has 7 nitrogen and oxygen atoms in total. The van der Waals surface area contributed by atoms with Gasteiger partial charge in [-0.15, -0.1) is 0 Å². The van der Waals surface area contributed by atoms with E-state index in [2.05, 4.69) is 24.8 Å². The van der Waals surface area contributed by atoms with Gasteiger partial charge in [0.1, 0.15) is 17.8 Å². The van der Waals surface area contributed by atoms with Gasteiger partial charge in [-0.2, -0.15) is 0 Å². The summed E-state index contributed by atoms with van der Waals surface area (Å²) in [5.41, 5.74) is 1.61. The monoisotopic (exact) mass is 297 g/mol. The topological polar surface area (TPSA) is 95.0 Å². The lowest BCUT2D eigenvalue weighted by molar-refractivity contribution is -0.142. The van der Waals surface area contributed by atoms with Crippen molar-refractivity contribution in [2.45, 2.75) is 12.8 Å². The van der Waals surface area contributed by atoms with Gasteiger partial charge in [0, 0.05) is 24.7 Å². The number of aromatic amines is 1. The molecule has 3 aromatic heterocycles. The smallest absolute Gasteiger partial charge is 0.306 e. The summed E-state index contributed by atoms with van der Waals surface area (Å²) in [7, 11) is 0. The predicted molar refractivity (Wildman–Crippen MR) is 81.8 cm³/mol. The number of anilines is 1. The number of hydrogen-bond acceptors (Lipinski definition) is 5. The number of piperidine rings is 1. The van der Waals surface area contributed by atoms with Gasteiger partial charge in [-0.1, -0.05) is 0 Å². The standard InChI is InChI=1S/C15H15N5O2/c21-15(22)9-2-5-20(6-3-9)14-12-10-1-4-16-13(10)17-7-11(12)18-8-19-14/h1,4,7-9H,2-3,5-6H2,(H,16,17)(H,21,22). The molecule has 0 aliphatic carbocycles. The second kappa shape index (κ2) is 4.94. The highest BCUT2D eigenvalue weighted by Crippen LogP contribution is 2.31. The molecule has 22 heavy (non-hydrogen) atoms. The third-order valence-electron chi connectivity index (χ3n) is 4.31. The van der Waals surface area contributed by atoms with E-state index in [1.54, 1.807) is 12.5 Å². The highest BCUT2D eigenvalue weighted by atomic mass is 16.4. The van der Waals surface area contributed by atoms with E-state index in [0.29, 0.717) is 25.9 Å². The number of carbonyl (C=O) groups is 1. The highest BCUT2D eigenvalue weighted by molar-refractivity contribution is 6.08. The van der Waals surface area contributed by atoms with E-state index in [4.69, 9.17) is 5.11 Å². The molecule has 0 bridgehead atoms. The van der Waals surface area contributed by atoms with Crippen LogP contribution in [0.1, 0.15) is 12.8 Å². The van der Waals surface area contributed by atoms with Gasteiger partial charge in [0.15, 0.2) is 0 Å². The Morgan fingerprint density at radius 2 is 2.09 bits per heavy atom.